The molecule has 1 aromatic heterocycles. The van der Waals surface area contributed by atoms with Gasteiger partial charge in [0.2, 0.25) is 0 Å². The summed E-state index contributed by atoms with van der Waals surface area (Å²) < 4.78 is 14.4. The van der Waals surface area contributed by atoms with Gasteiger partial charge in [0.05, 0.1) is 19.8 Å². The average molecular weight is 293 g/mol. The van der Waals surface area contributed by atoms with Gasteiger partial charge in [-0.3, -0.25) is 0 Å². The molecule has 8 heteroatoms. The Labute approximate surface area is 118 Å². The van der Waals surface area contributed by atoms with Crippen LogP contribution in [0.3, 0.4) is 0 Å². The number of benzene rings is 1. The molecule has 0 saturated carbocycles. The molecule has 0 saturated heterocycles. The Morgan fingerprint density at radius 1 is 1.24 bits per heavy atom. The number of rotatable bonds is 4. The number of ether oxygens (including phenoxy) is 2. The Morgan fingerprint density at radius 3 is 2.48 bits per heavy atom. The summed E-state index contributed by atoms with van der Waals surface area (Å²) in [4.78, 5) is 22.5. The van der Waals surface area contributed by atoms with E-state index in [9.17, 15) is 14.7 Å². The van der Waals surface area contributed by atoms with E-state index in [0.717, 1.165) is 6.07 Å². The fourth-order valence-electron chi connectivity index (χ4n) is 1.71. The second-order valence-corrected chi connectivity index (χ2v) is 3.94. The average Bonchev–Trinajstić information content (AvgIpc) is 2.95. The van der Waals surface area contributed by atoms with E-state index in [-0.39, 0.29) is 34.1 Å². The second kappa shape index (κ2) is 5.53. The zero-order valence-electron chi connectivity index (χ0n) is 11.1. The Bertz CT molecular complexity index is 705. The molecule has 0 aliphatic heterocycles. The quantitative estimate of drug-likeness (QED) is 0.815. The van der Waals surface area contributed by atoms with Gasteiger partial charge >= 0.3 is 11.9 Å². The summed E-state index contributed by atoms with van der Waals surface area (Å²) >= 11 is 0. The molecule has 8 nitrogen and oxygen atoms in total. The monoisotopic (exact) mass is 293 g/mol. The minimum Gasteiger partial charge on any atom is -0.507 e. The summed E-state index contributed by atoms with van der Waals surface area (Å²) in [6.45, 7) is 0. The highest BCUT2D eigenvalue weighted by Gasteiger charge is 2.21. The van der Waals surface area contributed by atoms with Crippen LogP contribution in [0.4, 0.5) is 0 Å². The number of carbonyl (C=O) groups excluding carboxylic acids is 1. The fraction of sp³-hybridized carbons (Fsp3) is 0.154. The van der Waals surface area contributed by atoms with Crippen LogP contribution in [-0.2, 0) is 4.74 Å². The number of phenolic OH excluding ortho intramolecular Hbond substituents is 1. The number of carbonyl (C=O) groups is 2. The first-order valence-corrected chi connectivity index (χ1v) is 5.67. The van der Waals surface area contributed by atoms with Crippen molar-refractivity contribution in [2.24, 2.45) is 0 Å². The van der Waals surface area contributed by atoms with Crippen molar-refractivity contribution in [1.82, 2.24) is 5.16 Å². The molecule has 0 unspecified atom stereocenters. The standard InChI is InChI=1S/C13H11NO7/c1-19-10-5-9(15)6(3-7(10)13(18)20-2)11-4-8(12(16)17)14-21-11/h3-5,15H,1-2H3,(H,16,17). The highest BCUT2D eigenvalue weighted by atomic mass is 16.5. The van der Waals surface area contributed by atoms with E-state index in [4.69, 9.17) is 14.4 Å². The number of aromatic nitrogens is 1. The predicted octanol–water partition coefficient (Wildman–Crippen LogP) is 1.54. The van der Waals surface area contributed by atoms with Gasteiger partial charge < -0.3 is 24.2 Å². The maximum Gasteiger partial charge on any atom is 0.358 e. The lowest BCUT2D eigenvalue weighted by atomic mass is 10.1. The number of phenols is 1. The Kier molecular flexibility index (Phi) is 3.79. The molecule has 0 aliphatic carbocycles. The molecule has 0 bridgehead atoms. The summed E-state index contributed by atoms with van der Waals surface area (Å²) in [5.41, 5.74) is -0.169. The number of aromatic hydroxyl groups is 1. The molecule has 1 heterocycles. The van der Waals surface area contributed by atoms with Crippen LogP contribution in [0.2, 0.25) is 0 Å². The summed E-state index contributed by atoms with van der Waals surface area (Å²) in [7, 11) is 2.53. The normalized spacial score (nSPS) is 10.2. The molecule has 2 aromatic rings. The topological polar surface area (TPSA) is 119 Å². The molecule has 0 radical (unpaired) electrons. The van der Waals surface area contributed by atoms with Gasteiger partial charge in [0.15, 0.2) is 11.5 Å². The van der Waals surface area contributed by atoms with Crippen molar-refractivity contribution in [3.63, 3.8) is 0 Å². The number of aromatic carboxylic acids is 1. The van der Waals surface area contributed by atoms with E-state index in [1.165, 1.54) is 26.4 Å². The molecule has 0 aliphatic rings. The van der Waals surface area contributed by atoms with E-state index in [0.29, 0.717) is 0 Å². The van der Waals surface area contributed by atoms with Crippen molar-refractivity contribution < 1.29 is 33.8 Å². The van der Waals surface area contributed by atoms with Crippen molar-refractivity contribution >= 4 is 11.9 Å². The summed E-state index contributed by atoms with van der Waals surface area (Å²) in [5.74, 6) is -2.09. The Hall–Kier alpha value is -3.03. The van der Waals surface area contributed by atoms with Crippen LogP contribution >= 0.6 is 0 Å². The van der Waals surface area contributed by atoms with E-state index in [2.05, 4.69) is 9.89 Å². The lowest BCUT2D eigenvalue weighted by Crippen LogP contribution is -2.04. The first kappa shape index (κ1) is 14.4. The van der Waals surface area contributed by atoms with E-state index < -0.39 is 11.9 Å². The SMILES string of the molecule is COC(=O)c1cc(-c2cc(C(=O)O)no2)c(O)cc1OC. The number of carboxylic acids is 1. The maximum absolute atomic E-state index is 11.7. The Morgan fingerprint density at radius 2 is 1.95 bits per heavy atom. The van der Waals surface area contributed by atoms with Crippen LogP contribution in [-0.4, -0.2) is 41.5 Å². The predicted molar refractivity (Wildman–Crippen MR) is 68.5 cm³/mol. The van der Waals surface area contributed by atoms with Crippen molar-refractivity contribution in [3.8, 4) is 22.8 Å². The molecule has 21 heavy (non-hydrogen) atoms. The number of nitrogens with zero attached hydrogens (tertiary/aromatic N) is 1. The summed E-state index contributed by atoms with van der Waals surface area (Å²) in [6.07, 6.45) is 0. The van der Waals surface area contributed by atoms with Crippen LogP contribution in [0.25, 0.3) is 11.3 Å². The molecule has 0 spiro atoms. The van der Waals surface area contributed by atoms with Crippen LogP contribution < -0.4 is 4.74 Å². The van der Waals surface area contributed by atoms with Gasteiger partial charge in [-0.25, -0.2) is 9.59 Å². The van der Waals surface area contributed by atoms with Gasteiger partial charge in [-0.05, 0) is 6.07 Å². The molecule has 0 amide bonds. The molecule has 2 rings (SSSR count). The molecular weight excluding hydrogens is 282 g/mol. The van der Waals surface area contributed by atoms with E-state index in [1.807, 2.05) is 0 Å². The van der Waals surface area contributed by atoms with Gasteiger partial charge in [-0.1, -0.05) is 5.16 Å². The van der Waals surface area contributed by atoms with Crippen molar-refractivity contribution in [3.05, 3.63) is 29.5 Å². The van der Waals surface area contributed by atoms with Gasteiger partial charge in [0.1, 0.15) is 17.1 Å². The summed E-state index contributed by atoms with van der Waals surface area (Å²) in [5, 5.41) is 22.1. The first-order valence-electron chi connectivity index (χ1n) is 5.67. The minimum absolute atomic E-state index is 0.00212. The van der Waals surface area contributed by atoms with Crippen LogP contribution in [0.1, 0.15) is 20.8 Å². The minimum atomic E-state index is -1.27. The third-order valence-electron chi connectivity index (χ3n) is 2.72. The van der Waals surface area contributed by atoms with Crippen LogP contribution in [0.5, 0.6) is 11.5 Å². The van der Waals surface area contributed by atoms with Crippen molar-refractivity contribution in [2.45, 2.75) is 0 Å². The number of hydrogen-bond donors (Lipinski definition) is 2. The van der Waals surface area contributed by atoms with E-state index >= 15 is 0 Å². The smallest absolute Gasteiger partial charge is 0.358 e. The van der Waals surface area contributed by atoms with Crippen LogP contribution in [0.15, 0.2) is 22.7 Å². The Balaban J connectivity index is 2.57. The summed E-state index contributed by atoms with van der Waals surface area (Å²) in [6, 6.07) is 3.60. The molecule has 1 aromatic carbocycles. The van der Waals surface area contributed by atoms with E-state index in [1.54, 1.807) is 0 Å². The third kappa shape index (κ3) is 2.64. The zero-order chi connectivity index (χ0) is 15.6. The van der Waals surface area contributed by atoms with Gasteiger partial charge in [-0.2, -0.15) is 0 Å². The lowest BCUT2D eigenvalue weighted by Gasteiger charge is -2.09. The molecule has 0 fully saturated rings. The molecule has 2 N–H and O–H groups in total. The zero-order valence-corrected chi connectivity index (χ0v) is 11.1. The van der Waals surface area contributed by atoms with Gasteiger partial charge in [0, 0.05) is 12.1 Å². The maximum atomic E-state index is 11.7. The third-order valence-corrected chi connectivity index (χ3v) is 2.72. The molecule has 110 valence electrons. The van der Waals surface area contributed by atoms with Crippen molar-refractivity contribution in [2.75, 3.05) is 14.2 Å². The van der Waals surface area contributed by atoms with Crippen LogP contribution in [0, 0.1) is 0 Å². The highest BCUT2D eigenvalue weighted by Crippen LogP contribution is 2.36. The number of esters is 1. The van der Waals surface area contributed by atoms with Gasteiger partial charge in [-0.15, -0.1) is 0 Å². The highest BCUT2D eigenvalue weighted by molar-refractivity contribution is 5.95. The number of methoxy groups -OCH3 is 2. The largest absolute Gasteiger partial charge is 0.507 e. The lowest BCUT2D eigenvalue weighted by molar-refractivity contribution is 0.0596. The first-order chi connectivity index (χ1) is 9.97. The second-order valence-electron chi connectivity index (χ2n) is 3.94. The molecular formula is C13H11NO7. The van der Waals surface area contributed by atoms with Crippen molar-refractivity contribution in [1.29, 1.82) is 0 Å². The molecule has 0 atom stereocenters. The fourth-order valence-corrected chi connectivity index (χ4v) is 1.71. The van der Waals surface area contributed by atoms with Gasteiger partial charge in [0.25, 0.3) is 0 Å². The number of carboxylic acid groups (broad SMARTS) is 1. The number of hydrogen-bond acceptors (Lipinski definition) is 7.